The number of fused-ring (bicyclic) bond motifs is 2. The monoisotopic (exact) mass is 366 g/mol. The Morgan fingerprint density at radius 1 is 1.24 bits per heavy atom. The molecule has 1 saturated carbocycles. The maximum absolute atomic E-state index is 12.4. The first-order valence-corrected chi connectivity index (χ1v) is 7.32. The van der Waals surface area contributed by atoms with Gasteiger partial charge in [-0.1, -0.05) is 45.2 Å². The zero-order valence-corrected chi connectivity index (χ0v) is 13.3. The Labute approximate surface area is 118 Å². The van der Waals surface area contributed by atoms with Gasteiger partial charge in [0.05, 0.1) is 5.92 Å². The van der Waals surface area contributed by atoms with Gasteiger partial charge in [0.25, 0.3) is 0 Å². The Morgan fingerprint density at radius 3 is 2.24 bits per heavy atom. The lowest BCUT2D eigenvalue weighted by atomic mass is 9.88. The van der Waals surface area contributed by atoms with E-state index in [1.54, 1.807) is 14.2 Å². The number of hydrogen-bond acceptors (Lipinski definition) is 3. The molecule has 0 amide bonds. The first-order chi connectivity index (χ1) is 8.05. The van der Waals surface area contributed by atoms with Crippen LogP contribution in [0.2, 0.25) is 0 Å². The van der Waals surface area contributed by atoms with Gasteiger partial charge in [-0.25, -0.2) is 0 Å². The summed E-state index contributed by atoms with van der Waals surface area (Å²) in [6.45, 7) is 2.09. The normalized spacial score (nSPS) is 34.9. The average molecular weight is 368 g/mol. The highest BCUT2D eigenvalue weighted by Crippen LogP contribution is 2.62. The molecule has 0 aromatic heterocycles. The van der Waals surface area contributed by atoms with Crippen LogP contribution in [0, 0.1) is 17.8 Å². The average Bonchev–Trinajstić information content (AvgIpc) is 2.69. The maximum atomic E-state index is 12.4. The third-order valence-electron chi connectivity index (χ3n) is 3.88. The smallest absolute Gasteiger partial charge is 0.190 e. The van der Waals surface area contributed by atoms with Crippen LogP contribution in [0.15, 0.2) is 8.96 Å². The summed E-state index contributed by atoms with van der Waals surface area (Å²) in [5.41, 5.74) is 0. The summed E-state index contributed by atoms with van der Waals surface area (Å²) < 4.78 is 13.1. The molecule has 2 aliphatic carbocycles. The lowest BCUT2D eigenvalue weighted by Gasteiger charge is -2.32. The molecule has 3 atom stereocenters. The van der Waals surface area contributed by atoms with Gasteiger partial charge in [0.1, 0.15) is 11.7 Å². The van der Waals surface area contributed by atoms with Crippen LogP contribution < -0.4 is 0 Å². The van der Waals surface area contributed by atoms with Crippen LogP contribution in [0.1, 0.15) is 19.8 Å². The van der Waals surface area contributed by atoms with E-state index in [-0.39, 0.29) is 23.5 Å². The quantitative estimate of drug-likeness (QED) is 0.715. The van der Waals surface area contributed by atoms with Crippen molar-refractivity contribution in [3.05, 3.63) is 8.96 Å². The number of hydrogen-bond donors (Lipinski definition) is 0. The van der Waals surface area contributed by atoms with E-state index in [4.69, 9.17) is 9.47 Å². The van der Waals surface area contributed by atoms with E-state index in [1.165, 1.54) is 0 Å². The maximum Gasteiger partial charge on any atom is 0.190 e. The van der Waals surface area contributed by atoms with Crippen molar-refractivity contribution in [3.8, 4) is 0 Å². The summed E-state index contributed by atoms with van der Waals surface area (Å²) in [5.74, 6) is -0.942. The van der Waals surface area contributed by atoms with Gasteiger partial charge < -0.3 is 9.47 Å². The van der Waals surface area contributed by atoms with E-state index in [2.05, 4.69) is 38.8 Å². The van der Waals surface area contributed by atoms with Gasteiger partial charge in [-0.2, -0.15) is 0 Å². The third kappa shape index (κ3) is 1.62. The molecule has 2 rings (SSSR count). The predicted octanol–water partition coefficient (Wildman–Crippen LogP) is 3.22. The van der Waals surface area contributed by atoms with E-state index >= 15 is 0 Å². The Balaban J connectivity index is 2.47. The molecule has 0 aromatic carbocycles. The van der Waals surface area contributed by atoms with Gasteiger partial charge in [-0.3, -0.25) is 4.79 Å². The van der Waals surface area contributed by atoms with Crippen molar-refractivity contribution in [1.82, 2.24) is 0 Å². The molecule has 0 radical (unpaired) electrons. The van der Waals surface area contributed by atoms with Crippen molar-refractivity contribution in [2.75, 3.05) is 14.2 Å². The molecule has 0 aliphatic heterocycles. The van der Waals surface area contributed by atoms with Crippen LogP contribution in [0.25, 0.3) is 0 Å². The highest BCUT2D eigenvalue weighted by Gasteiger charge is 2.67. The topological polar surface area (TPSA) is 35.5 Å². The molecule has 0 N–H and O–H groups in total. The van der Waals surface area contributed by atoms with Gasteiger partial charge in [0.2, 0.25) is 0 Å². The zero-order chi connectivity index (χ0) is 12.8. The van der Waals surface area contributed by atoms with Crippen LogP contribution >= 0.6 is 31.9 Å². The predicted molar refractivity (Wildman–Crippen MR) is 72.0 cm³/mol. The number of methoxy groups -OCH3 is 2. The SMILES string of the molecule is CCC[C@@H]1C(=O)[C@@H]2C(Br)=C(Br)[C@H]1C2(OC)OC. The summed E-state index contributed by atoms with van der Waals surface area (Å²) in [7, 11) is 3.22. The van der Waals surface area contributed by atoms with Crippen molar-refractivity contribution in [2.45, 2.75) is 25.6 Å². The molecule has 0 saturated heterocycles. The van der Waals surface area contributed by atoms with Gasteiger partial charge in [-0.15, -0.1) is 0 Å². The molecule has 0 spiro atoms. The Kier molecular flexibility index (Phi) is 3.84. The number of rotatable bonds is 4. The molecule has 3 nitrogen and oxygen atoms in total. The minimum atomic E-state index is -0.825. The minimum absolute atomic E-state index is 0.000532. The summed E-state index contributed by atoms with van der Waals surface area (Å²) in [5, 5.41) is 0. The highest BCUT2D eigenvalue weighted by molar-refractivity contribution is 9.14. The molecule has 5 heteroatoms. The largest absolute Gasteiger partial charge is 0.351 e. The number of carbonyl (C=O) groups excluding carboxylic acids is 1. The molecule has 0 heterocycles. The van der Waals surface area contributed by atoms with Crippen LogP contribution in [0.3, 0.4) is 0 Å². The first kappa shape index (κ1) is 13.7. The zero-order valence-electron chi connectivity index (χ0n) is 10.1. The second kappa shape index (κ2) is 4.76. The van der Waals surface area contributed by atoms with Gasteiger partial charge in [-0.05, 0) is 6.42 Å². The van der Waals surface area contributed by atoms with Crippen LogP contribution in [0.5, 0.6) is 0 Å². The van der Waals surface area contributed by atoms with Crippen molar-refractivity contribution in [2.24, 2.45) is 17.8 Å². The van der Waals surface area contributed by atoms with Crippen molar-refractivity contribution in [1.29, 1.82) is 0 Å². The van der Waals surface area contributed by atoms with E-state index in [1.807, 2.05) is 0 Å². The standard InChI is InChI=1S/C12H16Br2O3/c1-4-5-6-7-9(13)10(14)8(11(6)15)12(7,16-2)17-3/h6-8H,4-5H2,1-3H3/t6-,7-,8-/m0/s1. The molecule has 0 aromatic rings. The lowest BCUT2D eigenvalue weighted by molar-refractivity contribution is -0.232. The van der Waals surface area contributed by atoms with Crippen LogP contribution in [-0.2, 0) is 14.3 Å². The van der Waals surface area contributed by atoms with E-state index in [0.717, 1.165) is 21.8 Å². The third-order valence-corrected chi connectivity index (χ3v) is 6.22. The van der Waals surface area contributed by atoms with Gasteiger partial charge in [0, 0.05) is 29.1 Å². The van der Waals surface area contributed by atoms with Crippen LogP contribution in [-0.4, -0.2) is 25.8 Å². The minimum Gasteiger partial charge on any atom is -0.351 e. The number of ether oxygens (including phenoxy) is 2. The van der Waals surface area contributed by atoms with Gasteiger partial charge in [0.15, 0.2) is 5.79 Å². The fourth-order valence-corrected chi connectivity index (χ4v) is 4.83. The molecule has 17 heavy (non-hydrogen) atoms. The molecule has 2 aliphatic rings. The Hall–Kier alpha value is 0.290. The summed E-state index contributed by atoms with van der Waals surface area (Å²) in [4.78, 5) is 12.4. The summed E-state index contributed by atoms with van der Waals surface area (Å²) in [6, 6.07) is 0. The Bertz CT molecular complexity index is 374. The molecular formula is C12H16Br2O3. The second-order valence-corrected chi connectivity index (χ2v) is 6.24. The number of ketones is 1. The summed E-state index contributed by atoms with van der Waals surface area (Å²) >= 11 is 7.07. The molecule has 0 unspecified atom stereocenters. The molecular weight excluding hydrogens is 352 g/mol. The second-order valence-electron chi connectivity index (χ2n) is 4.53. The molecule has 1 fully saturated rings. The number of Topliss-reactive ketones (excluding diaryl/α,β-unsaturated/α-hetero) is 1. The summed E-state index contributed by atoms with van der Waals surface area (Å²) in [6.07, 6.45) is 1.87. The fourth-order valence-electron chi connectivity index (χ4n) is 3.17. The highest BCUT2D eigenvalue weighted by atomic mass is 79.9. The molecule has 2 bridgehead atoms. The Morgan fingerprint density at radius 2 is 1.82 bits per heavy atom. The van der Waals surface area contributed by atoms with E-state index < -0.39 is 5.79 Å². The fraction of sp³-hybridized carbons (Fsp3) is 0.750. The lowest BCUT2D eigenvalue weighted by Crippen LogP contribution is -2.41. The van der Waals surface area contributed by atoms with E-state index in [9.17, 15) is 4.79 Å². The number of carbonyl (C=O) groups is 1. The van der Waals surface area contributed by atoms with Gasteiger partial charge >= 0.3 is 0 Å². The van der Waals surface area contributed by atoms with Crippen molar-refractivity contribution >= 4 is 37.6 Å². The molecule has 96 valence electrons. The first-order valence-electron chi connectivity index (χ1n) is 5.74. The van der Waals surface area contributed by atoms with Crippen molar-refractivity contribution in [3.63, 3.8) is 0 Å². The number of halogens is 2. The van der Waals surface area contributed by atoms with Crippen molar-refractivity contribution < 1.29 is 14.3 Å². The van der Waals surface area contributed by atoms with E-state index in [0.29, 0.717) is 0 Å². The van der Waals surface area contributed by atoms with Crippen LogP contribution in [0.4, 0.5) is 0 Å².